The van der Waals surface area contributed by atoms with E-state index < -0.39 is 5.41 Å². The van der Waals surface area contributed by atoms with Crippen molar-refractivity contribution in [3.63, 3.8) is 0 Å². The molecule has 112 valence electrons. The molecule has 1 aliphatic carbocycles. The Bertz CT molecular complexity index is 860. The Morgan fingerprint density at radius 2 is 2.00 bits per heavy atom. The van der Waals surface area contributed by atoms with Crippen molar-refractivity contribution in [3.8, 4) is 0 Å². The molecule has 0 spiro atoms. The molecule has 0 amide bonds. The van der Waals surface area contributed by atoms with Gasteiger partial charge in [0.15, 0.2) is 5.78 Å². The Morgan fingerprint density at radius 3 is 2.68 bits per heavy atom. The first-order valence-corrected chi connectivity index (χ1v) is 7.18. The fraction of sp³-hybridized carbons (Fsp3) is 0.211. The van der Waals surface area contributed by atoms with Crippen molar-refractivity contribution in [1.82, 2.24) is 0 Å². The monoisotopic (exact) mass is 294 g/mol. The second kappa shape index (κ2) is 4.73. The van der Waals surface area contributed by atoms with Crippen molar-refractivity contribution >= 4 is 16.8 Å². The van der Waals surface area contributed by atoms with Crippen molar-refractivity contribution in [2.75, 3.05) is 0 Å². The molecule has 3 rings (SSSR count). The van der Waals surface area contributed by atoms with E-state index in [1.807, 2.05) is 45.0 Å². The lowest BCUT2D eigenvalue weighted by molar-refractivity contribution is 0.102. The van der Waals surface area contributed by atoms with Crippen LogP contribution in [-0.4, -0.2) is 10.9 Å². The molecule has 0 unspecified atom stereocenters. The predicted molar refractivity (Wildman–Crippen MR) is 87.2 cm³/mol. The zero-order valence-corrected chi connectivity index (χ0v) is 12.9. The van der Waals surface area contributed by atoms with Crippen LogP contribution in [0.4, 0.5) is 0 Å². The minimum absolute atomic E-state index is 0.0747. The van der Waals surface area contributed by atoms with E-state index in [1.165, 1.54) is 6.08 Å². The summed E-state index contributed by atoms with van der Waals surface area (Å²) in [4.78, 5) is 12.9. The molecule has 0 atom stereocenters. The van der Waals surface area contributed by atoms with Gasteiger partial charge in [-0.1, -0.05) is 24.8 Å². The van der Waals surface area contributed by atoms with Gasteiger partial charge in [0, 0.05) is 16.4 Å². The van der Waals surface area contributed by atoms with Crippen LogP contribution in [0.1, 0.15) is 36.9 Å². The van der Waals surface area contributed by atoms with E-state index in [4.69, 9.17) is 4.42 Å². The highest BCUT2D eigenvalue weighted by Gasteiger charge is 2.40. The molecule has 0 fully saturated rings. The first-order valence-electron chi connectivity index (χ1n) is 7.18. The van der Waals surface area contributed by atoms with Gasteiger partial charge in [0.05, 0.1) is 5.56 Å². The molecule has 22 heavy (non-hydrogen) atoms. The van der Waals surface area contributed by atoms with Gasteiger partial charge in [-0.3, -0.25) is 4.79 Å². The molecular formula is C19H18O3. The van der Waals surface area contributed by atoms with E-state index in [9.17, 15) is 9.90 Å². The molecule has 0 saturated carbocycles. The fourth-order valence-electron chi connectivity index (χ4n) is 2.90. The van der Waals surface area contributed by atoms with Gasteiger partial charge < -0.3 is 9.52 Å². The molecule has 1 heterocycles. The lowest BCUT2D eigenvalue weighted by Gasteiger charge is -2.30. The average molecular weight is 294 g/mol. The average Bonchev–Trinajstić information content (AvgIpc) is 2.86. The van der Waals surface area contributed by atoms with E-state index in [0.717, 1.165) is 16.5 Å². The van der Waals surface area contributed by atoms with Gasteiger partial charge in [-0.25, -0.2) is 0 Å². The summed E-state index contributed by atoms with van der Waals surface area (Å²) < 4.78 is 5.97. The van der Waals surface area contributed by atoms with Gasteiger partial charge in [-0.05, 0) is 44.6 Å². The zero-order chi connectivity index (χ0) is 16.1. The van der Waals surface area contributed by atoms with Crippen molar-refractivity contribution in [2.24, 2.45) is 0 Å². The molecule has 0 saturated heterocycles. The highest BCUT2D eigenvalue weighted by molar-refractivity contribution is 6.20. The van der Waals surface area contributed by atoms with Crippen LogP contribution in [-0.2, 0) is 5.41 Å². The smallest absolute Gasteiger partial charge is 0.197 e. The van der Waals surface area contributed by atoms with Crippen LogP contribution >= 0.6 is 0 Å². The minimum atomic E-state index is -0.390. The molecule has 1 aromatic heterocycles. The van der Waals surface area contributed by atoms with E-state index in [-0.39, 0.29) is 11.5 Å². The second-order valence-electron chi connectivity index (χ2n) is 6.12. The summed E-state index contributed by atoms with van der Waals surface area (Å²) in [7, 11) is 0. The number of allylic oxidation sites excluding steroid dienone is 4. The lowest BCUT2D eigenvalue weighted by atomic mass is 9.72. The molecule has 1 N–H and O–H groups in total. The van der Waals surface area contributed by atoms with Gasteiger partial charge in [-0.15, -0.1) is 0 Å². The molecule has 2 aromatic rings. The van der Waals surface area contributed by atoms with E-state index in [0.29, 0.717) is 16.9 Å². The maximum atomic E-state index is 12.9. The Kier molecular flexibility index (Phi) is 3.10. The first-order chi connectivity index (χ1) is 10.3. The van der Waals surface area contributed by atoms with Crippen LogP contribution in [0.2, 0.25) is 0 Å². The van der Waals surface area contributed by atoms with Gasteiger partial charge in [-0.2, -0.15) is 0 Å². The summed E-state index contributed by atoms with van der Waals surface area (Å²) in [5.41, 5.74) is 2.45. The third-order valence-corrected chi connectivity index (χ3v) is 4.42. The summed E-state index contributed by atoms with van der Waals surface area (Å²) in [5, 5.41) is 10.1. The fourth-order valence-corrected chi connectivity index (χ4v) is 2.90. The molecule has 3 nitrogen and oxygen atoms in total. The van der Waals surface area contributed by atoms with Crippen molar-refractivity contribution in [1.29, 1.82) is 0 Å². The van der Waals surface area contributed by atoms with E-state index in [1.54, 1.807) is 6.08 Å². The largest absolute Gasteiger partial charge is 0.509 e. The number of rotatable bonds is 2. The molecule has 0 radical (unpaired) electrons. The number of hydrogen-bond acceptors (Lipinski definition) is 3. The van der Waals surface area contributed by atoms with Gasteiger partial charge in [0.25, 0.3) is 0 Å². The SMILES string of the molecule is C=C(O)/C=C\C1=C(C)C(C)(C)c2oc3ccccc3c2C1=O. The van der Waals surface area contributed by atoms with Gasteiger partial charge in [0.1, 0.15) is 17.1 Å². The number of fused-ring (bicyclic) bond motifs is 3. The summed E-state index contributed by atoms with van der Waals surface area (Å²) in [5.74, 6) is 0.555. The molecule has 0 aliphatic heterocycles. The van der Waals surface area contributed by atoms with E-state index >= 15 is 0 Å². The number of carbonyl (C=O) groups is 1. The van der Waals surface area contributed by atoms with Crippen molar-refractivity contribution in [2.45, 2.75) is 26.2 Å². The van der Waals surface area contributed by atoms with Crippen LogP contribution in [0.25, 0.3) is 11.0 Å². The third-order valence-electron chi connectivity index (χ3n) is 4.42. The number of furan rings is 1. The number of para-hydroxylation sites is 1. The molecular weight excluding hydrogens is 276 g/mol. The highest BCUT2D eigenvalue weighted by atomic mass is 16.3. The summed E-state index contributed by atoms with van der Waals surface area (Å²) >= 11 is 0. The highest BCUT2D eigenvalue weighted by Crippen LogP contribution is 2.45. The van der Waals surface area contributed by atoms with Crippen LogP contribution in [0.5, 0.6) is 0 Å². The van der Waals surface area contributed by atoms with Crippen LogP contribution in [0.3, 0.4) is 0 Å². The zero-order valence-electron chi connectivity index (χ0n) is 12.9. The maximum Gasteiger partial charge on any atom is 0.197 e. The van der Waals surface area contributed by atoms with E-state index in [2.05, 4.69) is 6.58 Å². The first kappa shape index (κ1) is 14.4. The number of aliphatic hydroxyl groups excluding tert-OH is 1. The summed E-state index contributed by atoms with van der Waals surface area (Å²) in [6.45, 7) is 9.43. The predicted octanol–water partition coefficient (Wildman–Crippen LogP) is 4.85. The minimum Gasteiger partial charge on any atom is -0.509 e. The molecule has 0 bridgehead atoms. The number of carbonyl (C=O) groups excluding carboxylic acids is 1. The Balaban J connectivity index is 2.30. The standard InChI is InChI=1S/C19H18O3/c1-11(20)9-10-13-12(2)19(3,4)18-16(17(13)21)14-7-5-6-8-15(14)22-18/h5-10,20H,1H2,2-4H3/b10-9-. The lowest BCUT2D eigenvalue weighted by Crippen LogP contribution is -2.28. The Hall–Kier alpha value is -2.55. The topological polar surface area (TPSA) is 50.4 Å². The quantitative estimate of drug-likeness (QED) is 0.636. The number of Topliss-reactive ketones (excluding diaryl/α,β-unsaturated/α-hetero) is 1. The normalized spacial score (nSPS) is 17.3. The second-order valence-corrected chi connectivity index (χ2v) is 6.12. The third kappa shape index (κ3) is 1.93. The van der Waals surface area contributed by atoms with Gasteiger partial charge >= 0.3 is 0 Å². The Labute approximate surface area is 129 Å². The number of ketones is 1. The van der Waals surface area contributed by atoms with Crippen molar-refractivity contribution in [3.05, 3.63) is 71.2 Å². The molecule has 3 heteroatoms. The van der Waals surface area contributed by atoms with Crippen LogP contribution in [0, 0.1) is 0 Å². The summed E-state index contributed by atoms with van der Waals surface area (Å²) in [6.07, 6.45) is 3.08. The van der Waals surface area contributed by atoms with Crippen LogP contribution < -0.4 is 0 Å². The number of aliphatic hydroxyl groups is 1. The van der Waals surface area contributed by atoms with Gasteiger partial charge in [0.2, 0.25) is 0 Å². The molecule has 1 aromatic carbocycles. The number of benzene rings is 1. The summed E-state index contributed by atoms with van der Waals surface area (Å²) in [6, 6.07) is 7.57. The Morgan fingerprint density at radius 1 is 1.32 bits per heavy atom. The van der Waals surface area contributed by atoms with Crippen LogP contribution in [0.15, 0.2) is 64.3 Å². The molecule has 1 aliphatic rings. The maximum absolute atomic E-state index is 12.9. The van der Waals surface area contributed by atoms with Crippen molar-refractivity contribution < 1.29 is 14.3 Å². The number of hydrogen-bond donors (Lipinski definition) is 1.